The third-order valence-electron chi connectivity index (χ3n) is 4.94. The SMILES string of the molecule is CC(C)C(NS(=O)(=O)c1ccccc1)C(=O)NC1Cc2sncc2CCNC(=O)C1=O. The van der Waals surface area contributed by atoms with Crippen LogP contribution in [0.3, 0.4) is 0 Å². The molecule has 0 spiro atoms. The van der Waals surface area contributed by atoms with Crippen molar-refractivity contribution in [3.63, 3.8) is 0 Å². The lowest BCUT2D eigenvalue weighted by Gasteiger charge is -2.24. The van der Waals surface area contributed by atoms with Crippen molar-refractivity contribution in [1.29, 1.82) is 0 Å². The summed E-state index contributed by atoms with van der Waals surface area (Å²) in [7, 11) is -3.96. The number of benzene rings is 1. The molecule has 0 saturated heterocycles. The molecule has 2 unspecified atom stereocenters. The molecule has 0 aliphatic carbocycles. The first-order chi connectivity index (χ1) is 14.7. The average molecular weight is 465 g/mol. The maximum absolute atomic E-state index is 13.0. The Balaban J connectivity index is 1.82. The number of amides is 2. The van der Waals surface area contributed by atoms with Crippen LogP contribution < -0.4 is 15.4 Å². The molecule has 1 aliphatic heterocycles. The summed E-state index contributed by atoms with van der Waals surface area (Å²) < 4.78 is 32.0. The fraction of sp³-hybridized carbons (Fsp3) is 0.400. The zero-order valence-electron chi connectivity index (χ0n) is 17.1. The highest BCUT2D eigenvalue weighted by Crippen LogP contribution is 2.18. The molecule has 1 aliphatic rings. The zero-order chi connectivity index (χ0) is 22.6. The van der Waals surface area contributed by atoms with Gasteiger partial charge in [0.15, 0.2) is 0 Å². The molecule has 0 saturated carbocycles. The average Bonchev–Trinajstić information content (AvgIpc) is 3.18. The third-order valence-corrected chi connectivity index (χ3v) is 7.26. The molecule has 9 nitrogen and oxygen atoms in total. The van der Waals surface area contributed by atoms with Crippen molar-refractivity contribution in [2.24, 2.45) is 5.92 Å². The van der Waals surface area contributed by atoms with E-state index < -0.39 is 45.6 Å². The van der Waals surface area contributed by atoms with Crippen molar-refractivity contribution in [2.75, 3.05) is 6.54 Å². The lowest BCUT2D eigenvalue weighted by atomic mass is 10.0. The fourth-order valence-electron chi connectivity index (χ4n) is 3.20. The molecule has 0 fully saturated rings. The zero-order valence-corrected chi connectivity index (χ0v) is 18.8. The molecule has 2 aromatic rings. The van der Waals surface area contributed by atoms with Crippen LogP contribution in [0.15, 0.2) is 41.4 Å². The minimum atomic E-state index is -3.96. The molecule has 2 heterocycles. The van der Waals surface area contributed by atoms with Gasteiger partial charge in [-0.2, -0.15) is 4.72 Å². The molecule has 2 atom stereocenters. The third kappa shape index (κ3) is 5.54. The summed E-state index contributed by atoms with van der Waals surface area (Å²) in [6.45, 7) is 3.68. The van der Waals surface area contributed by atoms with Crippen LogP contribution in [0.4, 0.5) is 0 Å². The minimum Gasteiger partial charge on any atom is -0.349 e. The summed E-state index contributed by atoms with van der Waals surface area (Å²) in [4.78, 5) is 38.7. The standard InChI is InChI=1S/C20H24N4O5S2/c1-12(2)17(24-31(28,29)14-6-4-3-5-7-14)19(26)23-15-10-16-13(11-22-30-16)8-9-21-20(27)18(15)25/h3-7,11-12,15,17,24H,8-10H2,1-2H3,(H,21,27)(H,23,26). The van der Waals surface area contributed by atoms with Gasteiger partial charge in [-0.1, -0.05) is 32.0 Å². The summed E-state index contributed by atoms with van der Waals surface area (Å²) in [5.41, 5.74) is 0.907. The second-order valence-corrected chi connectivity index (χ2v) is 10.2. The van der Waals surface area contributed by atoms with Gasteiger partial charge in [0.05, 0.1) is 4.90 Å². The predicted octanol–water partition coefficient (Wildman–Crippen LogP) is 0.415. The first-order valence-electron chi connectivity index (χ1n) is 9.81. The van der Waals surface area contributed by atoms with E-state index in [0.717, 1.165) is 10.4 Å². The highest BCUT2D eigenvalue weighted by molar-refractivity contribution is 7.89. The molecule has 31 heavy (non-hydrogen) atoms. The Morgan fingerprint density at radius 2 is 1.94 bits per heavy atom. The fourth-order valence-corrected chi connectivity index (χ4v) is 5.38. The van der Waals surface area contributed by atoms with Gasteiger partial charge < -0.3 is 10.6 Å². The number of hydrogen-bond acceptors (Lipinski definition) is 7. The van der Waals surface area contributed by atoms with E-state index in [0.29, 0.717) is 13.0 Å². The number of aromatic nitrogens is 1. The maximum Gasteiger partial charge on any atom is 0.289 e. The summed E-state index contributed by atoms with van der Waals surface area (Å²) in [5.74, 6) is -2.63. The quantitative estimate of drug-likeness (QED) is 0.530. The normalized spacial score (nSPS) is 18.4. The van der Waals surface area contributed by atoms with Gasteiger partial charge in [0.2, 0.25) is 21.7 Å². The number of nitrogens with one attached hydrogen (secondary N) is 3. The van der Waals surface area contributed by atoms with Gasteiger partial charge in [-0.05, 0) is 41.6 Å². The first-order valence-corrected chi connectivity index (χ1v) is 12.1. The molecule has 0 radical (unpaired) electrons. The molecule has 2 amide bonds. The maximum atomic E-state index is 13.0. The van der Waals surface area contributed by atoms with Crippen molar-refractivity contribution in [3.05, 3.63) is 47.0 Å². The second-order valence-electron chi connectivity index (χ2n) is 7.57. The predicted molar refractivity (Wildman–Crippen MR) is 115 cm³/mol. The van der Waals surface area contributed by atoms with E-state index in [-0.39, 0.29) is 11.3 Å². The first kappa shape index (κ1) is 23.0. The summed E-state index contributed by atoms with van der Waals surface area (Å²) in [6, 6.07) is 5.46. The second kappa shape index (κ2) is 9.67. The molecule has 166 valence electrons. The van der Waals surface area contributed by atoms with E-state index in [1.807, 2.05) is 0 Å². The highest BCUT2D eigenvalue weighted by atomic mass is 32.2. The Bertz CT molecular complexity index is 1070. The molecular formula is C20H24N4O5S2. The van der Waals surface area contributed by atoms with Crippen molar-refractivity contribution in [3.8, 4) is 0 Å². The number of ketones is 1. The van der Waals surface area contributed by atoms with Gasteiger partial charge in [0, 0.05) is 24.0 Å². The van der Waals surface area contributed by atoms with Crippen molar-refractivity contribution in [2.45, 2.75) is 43.7 Å². The van der Waals surface area contributed by atoms with Crippen LogP contribution in [0.5, 0.6) is 0 Å². The monoisotopic (exact) mass is 464 g/mol. The summed E-state index contributed by atoms with van der Waals surface area (Å²) >= 11 is 1.21. The van der Waals surface area contributed by atoms with Gasteiger partial charge in [0.25, 0.3) is 5.91 Å². The van der Waals surface area contributed by atoms with E-state index in [9.17, 15) is 22.8 Å². The van der Waals surface area contributed by atoms with E-state index >= 15 is 0 Å². The van der Waals surface area contributed by atoms with Crippen LogP contribution in [-0.2, 0) is 37.2 Å². The van der Waals surface area contributed by atoms with E-state index in [4.69, 9.17) is 0 Å². The number of rotatable bonds is 6. The molecule has 0 bridgehead atoms. The van der Waals surface area contributed by atoms with Crippen LogP contribution >= 0.6 is 11.5 Å². The molecule has 3 N–H and O–H groups in total. The van der Waals surface area contributed by atoms with Gasteiger partial charge >= 0.3 is 0 Å². The van der Waals surface area contributed by atoms with Gasteiger partial charge in [-0.15, -0.1) is 0 Å². The Kier molecular flexibility index (Phi) is 7.19. The molecule has 11 heteroatoms. The number of carbonyl (C=O) groups is 3. The topological polar surface area (TPSA) is 134 Å². The number of Topliss-reactive ketones (excluding diaryl/α,β-unsaturated/α-hetero) is 1. The van der Waals surface area contributed by atoms with Crippen LogP contribution in [-0.4, -0.2) is 49.0 Å². The number of fused-ring (bicyclic) bond motifs is 1. The van der Waals surface area contributed by atoms with E-state index in [1.54, 1.807) is 38.2 Å². The molecule has 1 aromatic carbocycles. The van der Waals surface area contributed by atoms with Gasteiger partial charge in [-0.3, -0.25) is 14.4 Å². The lowest BCUT2D eigenvalue weighted by molar-refractivity contribution is -0.140. The Hall–Kier alpha value is -2.63. The summed E-state index contributed by atoms with van der Waals surface area (Å²) in [6.07, 6.45) is 2.34. The number of hydrogen-bond donors (Lipinski definition) is 3. The van der Waals surface area contributed by atoms with Crippen LogP contribution in [0, 0.1) is 5.92 Å². The highest BCUT2D eigenvalue weighted by Gasteiger charge is 2.34. The van der Waals surface area contributed by atoms with E-state index in [1.165, 1.54) is 23.7 Å². The smallest absolute Gasteiger partial charge is 0.289 e. The van der Waals surface area contributed by atoms with Gasteiger partial charge in [0.1, 0.15) is 12.1 Å². The van der Waals surface area contributed by atoms with Crippen molar-refractivity contribution in [1.82, 2.24) is 19.7 Å². The number of nitrogens with zero attached hydrogens (tertiary/aromatic N) is 1. The van der Waals surface area contributed by atoms with Gasteiger partial charge in [-0.25, -0.2) is 12.8 Å². The van der Waals surface area contributed by atoms with Crippen LogP contribution in [0.2, 0.25) is 0 Å². The number of carbonyl (C=O) groups excluding carboxylic acids is 3. The summed E-state index contributed by atoms with van der Waals surface area (Å²) in [5, 5.41) is 5.13. The Morgan fingerprint density at radius 1 is 1.23 bits per heavy atom. The Labute approximate surface area is 184 Å². The molecule has 1 aromatic heterocycles. The van der Waals surface area contributed by atoms with Crippen molar-refractivity contribution >= 4 is 39.2 Å². The Morgan fingerprint density at radius 3 is 2.61 bits per heavy atom. The number of sulfonamides is 1. The largest absolute Gasteiger partial charge is 0.349 e. The van der Waals surface area contributed by atoms with Crippen molar-refractivity contribution < 1.29 is 22.8 Å². The molecule has 3 rings (SSSR count). The minimum absolute atomic E-state index is 0.0284. The van der Waals surface area contributed by atoms with E-state index in [2.05, 4.69) is 19.7 Å². The van der Waals surface area contributed by atoms with Crippen LogP contribution in [0.1, 0.15) is 24.3 Å². The van der Waals surface area contributed by atoms with Crippen LogP contribution in [0.25, 0.3) is 0 Å². The lowest BCUT2D eigenvalue weighted by Crippen LogP contribution is -2.55. The molecular weight excluding hydrogens is 440 g/mol.